The van der Waals surface area contributed by atoms with E-state index in [1.807, 2.05) is 0 Å². The number of esters is 1. The van der Waals surface area contributed by atoms with Crippen molar-refractivity contribution < 1.29 is 24.5 Å². The zero-order valence-electron chi connectivity index (χ0n) is 44.9. The number of carbonyl (C=O) groups is 2. The highest BCUT2D eigenvalue weighted by molar-refractivity contribution is 5.77. The van der Waals surface area contributed by atoms with Crippen molar-refractivity contribution in [3.8, 4) is 0 Å². The van der Waals surface area contributed by atoms with E-state index in [0.717, 1.165) is 109 Å². The second-order valence-corrected chi connectivity index (χ2v) is 19.0. The summed E-state index contributed by atoms with van der Waals surface area (Å²) in [7, 11) is 0. The number of unbranched alkanes of at least 4 members (excludes halogenated alkanes) is 20. The van der Waals surface area contributed by atoms with E-state index in [1.54, 1.807) is 0 Å². The zero-order valence-corrected chi connectivity index (χ0v) is 44.9. The van der Waals surface area contributed by atoms with Gasteiger partial charge in [0.05, 0.1) is 25.2 Å². The van der Waals surface area contributed by atoms with Crippen molar-refractivity contribution in [3.05, 3.63) is 109 Å². The fraction of sp³-hybridized carbons (Fsp3) is 0.683. The average molecular weight is 959 g/mol. The Balaban J connectivity index is 4.75. The summed E-state index contributed by atoms with van der Waals surface area (Å²) in [6.45, 7) is 6.33. The summed E-state index contributed by atoms with van der Waals surface area (Å²) < 4.78 is 5.92. The molecule has 6 heteroatoms. The molecule has 3 atom stereocenters. The van der Waals surface area contributed by atoms with Crippen LogP contribution in [0.1, 0.15) is 252 Å². The van der Waals surface area contributed by atoms with E-state index in [2.05, 4.69) is 135 Å². The maximum absolute atomic E-state index is 13.3. The lowest BCUT2D eigenvalue weighted by atomic mass is 10.0. The summed E-state index contributed by atoms with van der Waals surface area (Å²) in [5, 5.41) is 23.8. The maximum Gasteiger partial charge on any atom is 0.306 e. The van der Waals surface area contributed by atoms with Crippen LogP contribution in [0.25, 0.3) is 0 Å². The van der Waals surface area contributed by atoms with Crippen molar-refractivity contribution in [1.82, 2.24) is 5.32 Å². The van der Waals surface area contributed by atoms with Crippen LogP contribution in [-0.2, 0) is 14.3 Å². The molecule has 0 aromatic carbocycles. The van der Waals surface area contributed by atoms with Crippen LogP contribution in [0, 0.1) is 0 Å². The van der Waals surface area contributed by atoms with E-state index in [-0.39, 0.29) is 24.9 Å². The number of hydrogen-bond donors (Lipinski definition) is 3. The third-order valence-corrected chi connectivity index (χ3v) is 12.3. The summed E-state index contributed by atoms with van der Waals surface area (Å²) in [5.41, 5.74) is 0. The molecule has 0 fully saturated rings. The van der Waals surface area contributed by atoms with Crippen LogP contribution in [0.5, 0.6) is 0 Å². The Kier molecular flexibility index (Phi) is 52.7. The van der Waals surface area contributed by atoms with Gasteiger partial charge in [0.2, 0.25) is 5.91 Å². The van der Waals surface area contributed by atoms with Gasteiger partial charge in [0, 0.05) is 6.42 Å². The van der Waals surface area contributed by atoms with Crippen LogP contribution in [0.3, 0.4) is 0 Å². The summed E-state index contributed by atoms with van der Waals surface area (Å²) in [4.78, 5) is 26.3. The first-order valence-corrected chi connectivity index (χ1v) is 28.6. The quantitative estimate of drug-likeness (QED) is 0.0321. The Morgan fingerprint density at radius 2 is 0.797 bits per heavy atom. The monoisotopic (exact) mass is 958 g/mol. The van der Waals surface area contributed by atoms with E-state index in [1.165, 1.54) is 96.3 Å². The molecule has 0 saturated heterocycles. The lowest BCUT2D eigenvalue weighted by Gasteiger charge is -2.24. The molecule has 0 heterocycles. The number of allylic oxidation sites excluding steroid dienone is 18. The summed E-state index contributed by atoms with van der Waals surface area (Å²) in [6.07, 6.45) is 75.8. The van der Waals surface area contributed by atoms with E-state index in [9.17, 15) is 19.8 Å². The third-order valence-electron chi connectivity index (χ3n) is 12.3. The largest absolute Gasteiger partial charge is 0.462 e. The van der Waals surface area contributed by atoms with Gasteiger partial charge in [-0.15, -0.1) is 0 Å². The number of hydrogen-bond acceptors (Lipinski definition) is 5. The van der Waals surface area contributed by atoms with Gasteiger partial charge in [0.25, 0.3) is 0 Å². The van der Waals surface area contributed by atoms with Gasteiger partial charge in [0.1, 0.15) is 6.10 Å². The summed E-state index contributed by atoms with van der Waals surface area (Å²) in [6, 6.07) is -0.734. The Labute approximate surface area is 426 Å². The van der Waals surface area contributed by atoms with Crippen molar-refractivity contribution in [3.63, 3.8) is 0 Å². The predicted molar refractivity (Wildman–Crippen MR) is 300 cm³/mol. The lowest BCUT2D eigenvalue weighted by Crippen LogP contribution is -2.46. The van der Waals surface area contributed by atoms with Gasteiger partial charge >= 0.3 is 5.97 Å². The fourth-order valence-electron chi connectivity index (χ4n) is 8.03. The minimum atomic E-state index is -0.815. The molecule has 69 heavy (non-hydrogen) atoms. The number of nitrogens with one attached hydrogen (secondary N) is 1. The summed E-state index contributed by atoms with van der Waals surface area (Å²) in [5.74, 6) is -0.571. The van der Waals surface area contributed by atoms with Gasteiger partial charge in [-0.05, 0) is 109 Å². The van der Waals surface area contributed by atoms with Gasteiger partial charge in [-0.3, -0.25) is 9.59 Å². The highest BCUT2D eigenvalue weighted by Crippen LogP contribution is 2.17. The number of amides is 1. The molecule has 0 aliphatic rings. The molecule has 394 valence electrons. The molecular weight excluding hydrogens is 851 g/mol. The molecule has 0 spiro atoms. The number of rotatable bonds is 50. The molecule has 0 aliphatic heterocycles. The predicted octanol–water partition coefficient (Wildman–Crippen LogP) is 17.8. The molecule has 0 radical (unpaired) electrons. The maximum atomic E-state index is 13.3. The van der Waals surface area contributed by atoms with Crippen LogP contribution < -0.4 is 5.32 Å². The zero-order chi connectivity index (χ0) is 50.2. The van der Waals surface area contributed by atoms with Crippen LogP contribution in [0.4, 0.5) is 0 Å². The Morgan fingerprint density at radius 1 is 0.435 bits per heavy atom. The van der Waals surface area contributed by atoms with E-state index >= 15 is 0 Å². The molecule has 0 aromatic rings. The van der Waals surface area contributed by atoms with Crippen molar-refractivity contribution >= 4 is 11.9 Å². The standard InChI is InChI=1S/C63H107NO5/c1-4-7-10-13-16-19-22-25-28-30-31-33-35-38-41-44-47-50-53-56-63(68)69-59(54-51-48-45-42-39-36-34-32-29-26-23-20-17-14-11-8-5-2)57-62(67)64-60(58-65)61(66)55-52-49-46-43-40-37-27-24-21-18-15-12-9-6-3/h7,10,16-17,19-20,25-26,28-29,31,33-34,36,38,41-42,45,59-61,65-66H,4-6,8-9,11-15,18,21-24,27,30,32,35,37,39-40,43-44,46-58H2,1-3H3,(H,64,67)/b10-7-,19-16-,20-17-,28-25-,29-26-,33-31-,36-34-,41-38-,45-42-. The molecule has 0 aromatic heterocycles. The van der Waals surface area contributed by atoms with Crippen molar-refractivity contribution in [2.24, 2.45) is 0 Å². The van der Waals surface area contributed by atoms with Crippen LogP contribution in [0.15, 0.2) is 109 Å². The highest BCUT2D eigenvalue weighted by atomic mass is 16.5. The first-order chi connectivity index (χ1) is 34.0. The third kappa shape index (κ3) is 50.7. The van der Waals surface area contributed by atoms with Gasteiger partial charge < -0.3 is 20.3 Å². The smallest absolute Gasteiger partial charge is 0.306 e. The van der Waals surface area contributed by atoms with Crippen LogP contribution in [0.2, 0.25) is 0 Å². The highest BCUT2D eigenvalue weighted by Gasteiger charge is 2.24. The van der Waals surface area contributed by atoms with Gasteiger partial charge in [-0.25, -0.2) is 0 Å². The normalized spacial score (nSPS) is 14.0. The molecule has 0 bridgehead atoms. The topological polar surface area (TPSA) is 95.9 Å². The molecule has 3 N–H and O–H groups in total. The van der Waals surface area contributed by atoms with E-state index < -0.39 is 18.2 Å². The molecule has 0 aliphatic carbocycles. The Bertz CT molecular complexity index is 1400. The molecule has 0 rings (SSSR count). The second-order valence-electron chi connectivity index (χ2n) is 19.0. The molecular formula is C63H107NO5. The first kappa shape index (κ1) is 65.5. The van der Waals surface area contributed by atoms with Gasteiger partial charge in [-0.2, -0.15) is 0 Å². The molecule has 6 nitrogen and oxygen atoms in total. The fourth-order valence-corrected chi connectivity index (χ4v) is 8.03. The summed E-state index contributed by atoms with van der Waals surface area (Å²) >= 11 is 0. The molecule has 0 saturated carbocycles. The van der Waals surface area contributed by atoms with Gasteiger partial charge in [0.15, 0.2) is 0 Å². The van der Waals surface area contributed by atoms with Crippen LogP contribution >= 0.6 is 0 Å². The SMILES string of the molecule is CC/C=C\C/C=C\C/C=C\C/C=C\C/C=C\CCCCCC(=O)OC(CCC/C=C\C/C=C\C/C=C\C/C=C\CCCCC)CC(=O)NC(CO)C(O)CCCCCCCCCCCCCCCC. The molecule has 1 amide bonds. The average Bonchev–Trinajstić information content (AvgIpc) is 3.34. The Morgan fingerprint density at radius 3 is 1.23 bits per heavy atom. The lowest BCUT2D eigenvalue weighted by molar-refractivity contribution is -0.151. The molecule has 3 unspecified atom stereocenters. The number of aliphatic hydroxyl groups excluding tert-OH is 2. The second kappa shape index (κ2) is 55.4. The van der Waals surface area contributed by atoms with Crippen molar-refractivity contribution in [1.29, 1.82) is 0 Å². The first-order valence-electron chi connectivity index (χ1n) is 28.6. The van der Waals surface area contributed by atoms with E-state index in [0.29, 0.717) is 19.3 Å². The van der Waals surface area contributed by atoms with Gasteiger partial charge in [-0.1, -0.05) is 239 Å². The van der Waals surface area contributed by atoms with Crippen molar-refractivity contribution in [2.45, 2.75) is 270 Å². The number of aliphatic hydroxyl groups is 2. The van der Waals surface area contributed by atoms with E-state index in [4.69, 9.17) is 4.74 Å². The van der Waals surface area contributed by atoms with Crippen molar-refractivity contribution in [2.75, 3.05) is 6.61 Å². The number of carbonyl (C=O) groups excluding carboxylic acids is 2. The minimum absolute atomic E-state index is 0.0203. The Hall–Kier alpha value is -3.48. The van der Waals surface area contributed by atoms with Crippen LogP contribution in [-0.4, -0.2) is 46.9 Å². The minimum Gasteiger partial charge on any atom is -0.462 e. The number of ether oxygens (including phenoxy) is 1.